The molecule has 2 nitrogen and oxygen atoms in total. The molecule has 1 rings (SSSR count). The summed E-state index contributed by atoms with van der Waals surface area (Å²) in [6.45, 7) is 5.18. The first-order valence-corrected chi connectivity index (χ1v) is 5.01. The number of rotatable bonds is 4. The minimum atomic E-state index is 0.546. The molecule has 0 aromatic carbocycles. The Labute approximate surface area is 77.3 Å². The van der Waals surface area contributed by atoms with Gasteiger partial charge in [0.15, 0.2) is 0 Å². The molecule has 1 aromatic heterocycles. The first kappa shape index (κ1) is 9.42. The van der Waals surface area contributed by atoms with E-state index in [-0.39, 0.29) is 0 Å². The van der Waals surface area contributed by atoms with Crippen molar-refractivity contribution >= 4 is 17.4 Å². The molecule has 3 heteroatoms. The average molecular weight is 182 g/mol. The highest BCUT2D eigenvalue weighted by molar-refractivity contribution is 7.07. The largest absolute Gasteiger partial charge is 0.311 e. The second-order valence-electron chi connectivity index (χ2n) is 2.88. The van der Waals surface area contributed by atoms with Gasteiger partial charge in [0.1, 0.15) is 0 Å². The summed E-state index contributed by atoms with van der Waals surface area (Å²) >= 11 is 1.62. The molecule has 66 valence electrons. The zero-order valence-electron chi connectivity index (χ0n) is 7.45. The molecule has 0 unspecified atom stereocenters. The van der Waals surface area contributed by atoms with Gasteiger partial charge in [0.2, 0.25) is 0 Å². The molecular weight excluding hydrogens is 168 g/mol. The molecule has 0 radical (unpaired) electrons. The van der Waals surface area contributed by atoms with Crippen LogP contribution in [0.2, 0.25) is 0 Å². The van der Waals surface area contributed by atoms with Gasteiger partial charge >= 0.3 is 0 Å². The number of aromatic nitrogens is 1. The molecule has 0 bridgehead atoms. The standard InChI is InChI=1S/C9H14N2S/c1-8(2)10-5-3-4-9-6-12-7-11-9/h3-4,6-8,10H,5H2,1-2H3/b4-3+. The van der Waals surface area contributed by atoms with Crippen molar-refractivity contribution in [1.82, 2.24) is 10.3 Å². The van der Waals surface area contributed by atoms with Crippen LogP contribution >= 0.6 is 11.3 Å². The molecule has 0 fully saturated rings. The molecule has 1 heterocycles. The van der Waals surface area contributed by atoms with E-state index in [1.54, 1.807) is 11.3 Å². The van der Waals surface area contributed by atoms with Crippen LogP contribution in [-0.4, -0.2) is 17.6 Å². The Balaban J connectivity index is 2.23. The van der Waals surface area contributed by atoms with E-state index in [0.717, 1.165) is 12.2 Å². The van der Waals surface area contributed by atoms with Crippen molar-refractivity contribution in [1.29, 1.82) is 0 Å². The molecule has 0 saturated carbocycles. The Morgan fingerprint density at radius 3 is 3.08 bits per heavy atom. The second kappa shape index (κ2) is 5.06. The maximum absolute atomic E-state index is 4.14. The summed E-state index contributed by atoms with van der Waals surface area (Å²) < 4.78 is 0. The minimum Gasteiger partial charge on any atom is -0.311 e. The summed E-state index contributed by atoms with van der Waals surface area (Å²) in [6, 6.07) is 0.546. The zero-order valence-corrected chi connectivity index (χ0v) is 8.27. The van der Waals surface area contributed by atoms with Gasteiger partial charge in [0.25, 0.3) is 0 Å². The predicted octanol–water partition coefficient (Wildman–Crippen LogP) is 2.15. The molecule has 12 heavy (non-hydrogen) atoms. The number of nitrogens with one attached hydrogen (secondary N) is 1. The van der Waals surface area contributed by atoms with Crippen molar-refractivity contribution in [2.45, 2.75) is 19.9 Å². The van der Waals surface area contributed by atoms with Gasteiger partial charge in [0, 0.05) is 18.0 Å². The Morgan fingerprint density at radius 2 is 2.50 bits per heavy atom. The van der Waals surface area contributed by atoms with Gasteiger partial charge in [-0.25, -0.2) is 4.98 Å². The number of thiazole rings is 1. The Kier molecular flexibility index (Phi) is 3.97. The van der Waals surface area contributed by atoms with E-state index in [1.165, 1.54) is 0 Å². The van der Waals surface area contributed by atoms with Gasteiger partial charge in [-0.3, -0.25) is 0 Å². The summed E-state index contributed by atoms with van der Waals surface area (Å²) in [4.78, 5) is 4.14. The molecule has 0 atom stereocenters. The van der Waals surface area contributed by atoms with Crippen molar-refractivity contribution in [3.8, 4) is 0 Å². The van der Waals surface area contributed by atoms with Crippen LogP contribution < -0.4 is 5.32 Å². The monoisotopic (exact) mass is 182 g/mol. The quantitative estimate of drug-likeness (QED) is 0.771. The van der Waals surface area contributed by atoms with E-state index in [4.69, 9.17) is 0 Å². The number of nitrogens with zero attached hydrogens (tertiary/aromatic N) is 1. The molecule has 0 saturated heterocycles. The van der Waals surface area contributed by atoms with Crippen LogP contribution in [0.1, 0.15) is 19.5 Å². The summed E-state index contributed by atoms with van der Waals surface area (Å²) in [5, 5.41) is 5.33. The zero-order chi connectivity index (χ0) is 8.81. The predicted molar refractivity (Wildman–Crippen MR) is 54.3 cm³/mol. The van der Waals surface area contributed by atoms with Gasteiger partial charge in [-0.1, -0.05) is 19.9 Å². The van der Waals surface area contributed by atoms with E-state index < -0.39 is 0 Å². The number of hydrogen-bond acceptors (Lipinski definition) is 3. The Hall–Kier alpha value is -0.670. The molecule has 0 aliphatic carbocycles. The Bertz CT molecular complexity index is 227. The van der Waals surface area contributed by atoms with E-state index in [0.29, 0.717) is 6.04 Å². The molecule has 0 aliphatic heterocycles. The fourth-order valence-corrected chi connectivity index (χ4v) is 1.31. The van der Waals surface area contributed by atoms with Crippen molar-refractivity contribution in [3.05, 3.63) is 22.7 Å². The summed E-state index contributed by atoms with van der Waals surface area (Å²) in [5.41, 5.74) is 2.89. The smallest absolute Gasteiger partial charge is 0.0798 e. The van der Waals surface area contributed by atoms with Crippen LogP contribution in [-0.2, 0) is 0 Å². The first-order chi connectivity index (χ1) is 5.79. The van der Waals surface area contributed by atoms with Crippen LogP contribution in [0.3, 0.4) is 0 Å². The average Bonchev–Trinajstić information content (AvgIpc) is 2.49. The highest BCUT2D eigenvalue weighted by atomic mass is 32.1. The van der Waals surface area contributed by atoms with E-state index >= 15 is 0 Å². The van der Waals surface area contributed by atoms with Crippen LogP contribution in [0.25, 0.3) is 6.08 Å². The molecule has 1 aromatic rings. The third-order valence-corrected chi connectivity index (χ3v) is 1.99. The number of hydrogen-bond donors (Lipinski definition) is 1. The maximum Gasteiger partial charge on any atom is 0.0798 e. The van der Waals surface area contributed by atoms with Crippen molar-refractivity contribution in [2.75, 3.05) is 6.54 Å². The third kappa shape index (κ3) is 3.64. The first-order valence-electron chi connectivity index (χ1n) is 4.07. The van der Waals surface area contributed by atoms with Crippen LogP contribution in [0, 0.1) is 0 Å². The lowest BCUT2D eigenvalue weighted by atomic mass is 10.3. The fourth-order valence-electron chi connectivity index (χ4n) is 0.788. The van der Waals surface area contributed by atoms with E-state index in [9.17, 15) is 0 Å². The normalized spacial score (nSPS) is 11.6. The van der Waals surface area contributed by atoms with Crippen molar-refractivity contribution < 1.29 is 0 Å². The van der Waals surface area contributed by atoms with Crippen molar-refractivity contribution in [3.63, 3.8) is 0 Å². The van der Waals surface area contributed by atoms with E-state index in [1.807, 2.05) is 17.0 Å². The minimum absolute atomic E-state index is 0.546. The van der Waals surface area contributed by atoms with Gasteiger partial charge < -0.3 is 5.32 Å². The SMILES string of the molecule is CC(C)NC/C=C/c1cscn1. The highest BCUT2D eigenvalue weighted by Crippen LogP contribution is 2.01. The lowest BCUT2D eigenvalue weighted by Gasteiger charge is -2.02. The van der Waals surface area contributed by atoms with Crippen LogP contribution in [0.4, 0.5) is 0 Å². The summed E-state index contributed by atoms with van der Waals surface area (Å²) in [6.07, 6.45) is 4.13. The molecule has 0 spiro atoms. The van der Waals surface area contributed by atoms with Gasteiger partial charge in [-0.2, -0.15) is 0 Å². The van der Waals surface area contributed by atoms with Gasteiger partial charge in [-0.05, 0) is 6.08 Å². The topological polar surface area (TPSA) is 24.9 Å². The molecule has 0 amide bonds. The molecule has 1 N–H and O–H groups in total. The van der Waals surface area contributed by atoms with Crippen LogP contribution in [0.15, 0.2) is 17.0 Å². The summed E-state index contributed by atoms with van der Waals surface area (Å²) in [5.74, 6) is 0. The van der Waals surface area contributed by atoms with Gasteiger partial charge in [-0.15, -0.1) is 11.3 Å². The lowest BCUT2D eigenvalue weighted by Crippen LogP contribution is -2.22. The van der Waals surface area contributed by atoms with Crippen molar-refractivity contribution in [2.24, 2.45) is 0 Å². The second-order valence-corrected chi connectivity index (χ2v) is 3.60. The molecular formula is C9H14N2S. The van der Waals surface area contributed by atoms with E-state index in [2.05, 4.69) is 30.2 Å². The molecule has 0 aliphatic rings. The Morgan fingerprint density at radius 1 is 1.67 bits per heavy atom. The summed E-state index contributed by atoms with van der Waals surface area (Å²) in [7, 11) is 0. The van der Waals surface area contributed by atoms with Gasteiger partial charge in [0.05, 0.1) is 11.2 Å². The maximum atomic E-state index is 4.14. The van der Waals surface area contributed by atoms with Crippen LogP contribution in [0.5, 0.6) is 0 Å². The lowest BCUT2D eigenvalue weighted by molar-refractivity contribution is 0.633. The highest BCUT2D eigenvalue weighted by Gasteiger charge is 1.88. The third-order valence-electron chi connectivity index (χ3n) is 1.38. The fraction of sp³-hybridized carbons (Fsp3) is 0.444.